The molecule has 1 N–H and O–H groups in total. The molecule has 0 saturated carbocycles. The van der Waals surface area contributed by atoms with Gasteiger partial charge in [-0.05, 0) is 37.5 Å². The highest BCUT2D eigenvalue weighted by molar-refractivity contribution is 8.00. The van der Waals surface area contributed by atoms with Crippen LogP contribution in [0.25, 0.3) is 0 Å². The lowest BCUT2D eigenvalue weighted by Crippen LogP contribution is -2.42. The molecule has 0 spiro atoms. The second-order valence-corrected chi connectivity index (χ2v) is 5.76. The summed E-state index contributed by atoms with van der Waals surface area (Å²) < 4.78 is 0. The third-order valence-corrected chi connectivity index (χ3v) is 4.73. The number of hydrogen-bond donors (Lipinski definition) is 1. The van der Waals surface area contributed by atoms with Crippen molar-refractivity contribution in [2.24, 2.45) is 5.92 Å². The molecule has 0 amide bonds. The summed E-state index contributed by atoms with van der Waals surface area (Å²) >= 11 is 2.18. The zero-order valence-electron chi connectivity index (χ0n) is 9.88. The lowest BCUT2D eigenvalue weighted by Gasteiger charge is -2.29. The molecule has 0 aromatic carbocycles. The van der Waals surface area contributed by atoms with Crippen LogP contribution in [0, 0.1) is 5.92 Å². The average molecular weight is 215 g/mol. The Kier molecular flexibility index (Phi) is 5.95. The zero-order chi connectivity index (χ0) is 10.4. The van der Waals surface area contributed by atoms with Crippen LogP contribution in [0.3, 0.4) is 0 Å². The summed E-state index contributed by atoms with van der Waals surface area (Å²) in [7, 11) is 0. The first-order valence-electron chi connectivity index (χ1n) is 6.14. The van der Waals surface area contributed by atoms with Crippen molar-refractivity contribution in [3.8, 4) is 0 Å². The first kappa shape index (κ1) is 12.4. The van der Waals surface area contributed by atoms with Gasteiger partial charge in [0, 0.05) is 11.3 Å². The van der Waals surface area contributed by atoms with Crippen molar-refractivity contribution in [2.45, 2.75) is 57.7 Å². The molecule has 1 heterocycles. The summed E-state index contributed by atoms with van der Waals surface area (Å²) in [5.74, 6) is 2.21. The Hall–Kier alpha value is 0.310. The topological polar surface area (TPSA) is 12.0 Å². The minimum Gasteiger partial charge on any atom is -0.313 e. The van der Waals surface area contributed by atoms with Crippen LogP contribution >= 0.6 is 11.8 Å². The van der Waals surface area contributed by atoms with E-state index in [-0.39, 0.29) is 0 Å². The van der Waals surface area contributed by atoms with E-state index in [2.05, 4.69) is 37.8 Å². The van der Waals surface area contributed by atoms with Gasteiger partial charge >= 0.3 is 0 Å². The normalized spacial score (nSPS) is 26.4. The largest absolute Gasteiger partial charge is 0.313 e. The van der Waals surface area contributed by atoms with Crippen molar-refractivity contribution < 1.29 is 0 Å². The Balaban J connectivity index is 2.42. The molecule has 2 heteroatoms. The molecule has 1 rings (SSSR count). The highest BCUT2D eigenvalue weighted by Gasteiger charge is 2.28. The third-order valence-electron chi connectivity index (χ3n) is 3.25. The maximum atomic E-state index is 3.74. The van der Waals surface area contributed by atoms with Crippen LogP contribution in [0.15, 0.2) is 0 Å². The van der Waals surface area contributed by atoms with Gasteiger partial charge in [-0.25, -0.2) is 0 Å². The minimum absolute atomic E-state index is 0.757. The monoisotopic (exact) mass is 215 g/mol. The first-order valence-corrected chi connectivity index (χ1v) is 7.19. The highest BCUT2D eigenvalue weighted by atomic mass is 32.2. The predicted octanol–water partition coefficient (Wildman–Crippen LogP) is 3.30. The Morgan fingerprint density at radius 1 is 1.43 bits per heavy atom. The van der Waals surface area contributed by atoms with Crippen LogP contribution < -0.4 is 5.32 Å². The van der Waals surface area contributed by atoms with Gasteiger partial charge in [0.15, 0.2) is 0 Å². The van der Waals surface area contributed by atoms with Gasteiger partial charge in [-0.15, -0.1) is 0 Å². The molecule has 1 aliphatic rings. The molecule has 1 nitrogen and oxygen atoms in total. The average Bonchev–Trinajstić information content (AvgIpc) is 2.71. The van der Waals surface area contributed by atoms with Crippen LogP contribution in [0.1, 0.15) is 46.5 Å². The molecule has 1 saturated heterocycles. The summed E-state index contributed by atoms with van der Waals surface area (Å²) in [5, 5.41) is 4.63. The maximum absolute atomic E-state index is 3.74. The van der Waals surface area contributed by atoms with Crippen molar-refractivity contribution in [3.63, 3.8) is 0 Å². The summed E-state index contributed by atoms with van der Waals surface area (Å²) in [4.78, 5) is 0. The van der Waals surface area contributed by atoms with E-state index in [0.717, 1.165) is 17.2 Å². The van der Waals surface area contributed by atoms with Gasteiger partial charge in [0.25, 0.3) is 0 Å². The smallest absolute Gasteiger partial charge is 0.0212 e. The number of thioether (sulfide) groups is 1. The molecule has 0 aliphatic carbocycles. The van der Waals surface area contributed by atoms with E-state index in [0.29, 0.717) is 0 Å². The van der Waals surface area contributed by atoms with Crippen LogP contribution in [0.5, 0.6) is 0 Å². The van der Waals surface area contributed by atoms with E-state index in [4.69, 9.17) is 0 Å². The van der Waals surface area contributed by atoms with Crippen LogP contribution in [-0.4, -0.2) is 23.6 Å². The van der Waals surface area contributed by atoms with Crippen molar-refractivity contribution in [1.29, 1.82) is 0 Å². The molecule has 0 aromatic rings. The molecular weight excluding hydrogens is 190 g/mol. The zero-order valence-corrected chi connectivity index (χ0v) is 10.7. The maximum Gasteiger partial charge on any atom is 0.0212 e. The molecular formula is C12H25NS. The van der Waals surface area contributed by atoms with Crippen molar-refractivity contribution in [2.75, 3.05) is 12.3 Å². The van der Waals surface area contributed by atoms with Gasteiger partial charge in [0.2, 0.25) is 0 Å². The second-order valence-electron chi connectivity index (χ2n) is 4.42. The summed E-state index contributed by atoms with van der Waals surface area (Å²) in [6.45, 7) is 8.14. The molecule has 0 aromatic heterocycles. The molecule has 0 radical (unpaired) electrons. The summed E-state index contributed by atoms with van der Waals surface area (Å²) in [5.41, 5.74) is 0. The van der Waals surface area contributed by atoms with E-state index < -0.39 is 0 Å². The fourth-order valence-corrected chi connectivity index (χ4v) is 3.69. The third kappa shape index (κ3) is 3.47. The molecule has 1 aliphatic heterocycles. The summed E-state index contributed by atoms with van der Waals surface area (Å²) in [6.07, 6.45) is 5.41. The van der Waals surface area contributed by atoms with Gasteiger partial charge < -0.3 is 5.32 Å². The predicted molar refractivity (Wildman–Crippen MR) is 67.0 cm³/mol. The molecule has 1 fully saturated rings. The second kappa shape index (κ2) is 6.73. The van der Waals surface area contributed by atoms with Gasteiger partial charge in [-0.1, -0.05) is 27.2 Å². The lowest BCUT2D eigenvalue weighted by molar-refractivity contribution is 0.354. The number of rotatable bonds is 6. The Morgan fingerprint density at radius 3 is 2.71 bits per heavy atom. The fourth-order valence-electron chi connectivity index (χ4n) is 2.15. The minimum atomic E-state index is 0.757. The van der Waals surface area contributed by atoms with Crippen LogP contribution in [-0.2, 0) is 0 Å². The van der Waals surface area contributed by atoms with Gasteiger partial charge in [0.05, 0.1) is 0 Å². The Morgan fingerprint density at radius 2 is 2.21 bits per heavy atom. The van der Waals surface area contributed by atoms with Gasteiger partial charge in [0.1, 0.15) is 0 Å². The molecule has 3 unspecified atom stereocenters. The van der Waals surface area contributed by atoms with Crippen molar-refractivity contribution in [1.82, 2.24) is 5.32 Å². The van der Waals surface area contributed by atoms with E-state index in [1.54, 1.807) is 0 Å². The Bertz CT molecular complexity index is 143. The van der Waals surface area contributed by atoms with Gasteiger partial charge in [-0.2, -0.15) is 11.8 Å². The van der Waals surface area contributed by atoms with Crippen molar-refractivity contribution in [3.05, 3.63) is 0 Å². The highest BCUT2D eigenvalue weighted by Crippen LogP contribution is 2.32. The summed E-state index contributed by atoms with van der Waals surface area (Å²) in [6, 6.07) is 0.757. The van der Waals surface area contributed by atoms with E-state index in [1.165, 1.54) is 38.0 Å². The molecule has 14 heavy (non-hydrogen) atoms. The van der Waals surface area contributed by atoms with Gasteiger partial charge in [-0.3, -0.25) is 0 Å². The lowest BCUT2D eigenvalue weighted by atomic mass is 9.94. The quantitative estimate of drug-likeness (QED) is 0.729. The molecule has 3 atom stereocenters. The first-order chi connectivity index (χ1) is 6.79. The SMILES string of the molecule is CCCNC(C(C)CC)C1CCCS1. The van der Waals surface area contributed by atoms with Crippen LogP contribution in [0.4, 0.5) is 0 Å². The molecule has 0 bridgehead atoms. The van der Waals surface area contributed by atoms with Crippen LogP contribution in [0.2, 0.25) is 0 Å². The number of hydrogen-bond acceptors (Lipinski definition) is 2. The fraction of sp³-hybridized carbons (Fsp3) is 1.00. The standard InChI is InChI=1S/C12H25NS/c1-4-8-13-12(10(3)5-2)11-7-6-9-14-11/h10-13H,4-9H2,1-3H3. The van der Waals surface area contributed by atoms with E-state index in [9.17, 15) is 0 Å². The number of nitrogens with one attached hydrogen (secondary N) is 1. The molecule has 84 valence electrons. The van der Waals surface area contributed by atoms with E-state index >= 15 is 0 Å². The van der Waals surface area contributed by atoms with Crippen molar-refractivity contribution >= 4 is 11.8 Å². The Labute approximate surface area is 93.4 Å². The van der Waals surface area contributed by atoms with E-state index in [1.807, 2.05) is 0 Å².